The van der Waals surface area contributed by atoms with Gasteiger partial charge in [0.1, 0.15) is 17.7 Å². The van der Waals surface area contributed by atoms with Crippen LogP contribution < -0.4 is 4.90 Å². The molecule has 5 heteroatoms. The second kappa shape index (κ2) is 6.07. The van der Waals surface area contributed by atoms with Gasteiger partial charge in [-0.05, 0) is 24.3 Å². The summed E-state index contributed by atoms with van der Waals surface area (Å²) in [6.07, 6.45) is 1.54. The van der Waals surface area contributed by atoms with E-state index >= 15 is 0 Å². The van der Waals surface area contributed by atoms with Crippen molar-refractivity contribution in [3.05, 3.63) is 54.0 Å². The van der Waals surface area contributed by atoms with Gasteiger partial charge in [0, 0.05) is 0 Å². The topological polar surface area (TPSA) is 57.2 Å². The molecular weight excluding hydrogens is 264 g/mol. The highest BCUT2D eigenvalue weighted by molar-refractivity contribution is 6.29. The summed E-state index contributed by atoms with van der Waals surface area (Å²) in [4.78, 5) is 13.4. The first-order valence-electron chi connectivity index (χ1n) is 5.64. The summed E-state index contributed by atoms with van der Waals surface area (Å²) in [7, 11) is 0. The van der Waals surface area contributed by atoms with Crippen LogP contribution in [0.25, 0.3) is 0 Å². The van der Waals surface area contributed by atoms with Crippen LogP contribution in [0.5, 0.6) is 0 Å². The van der Waals surface area contributed by atoms with Crippen molar-refractivity contribution >= 4 is 23.2 Å². The van der Waals surface area contributed by atoms with E-state index in [4.69, 9.17) is 21.3 Å². The second-order valence-corrected chi connectivity index (χ2v) is 4.09. The largest absolute Gasteiger partial charge is 0.467 e. The number of rotatable bonds is 4. The molecule has 0 spiro atoms. The third kappa shape index (κ3) is 2.95. The minimum Gasteiger partial charge on any atom is -0.467 e. The maximum atomic E-state index is 11.9. The minimum absolute atomic E-state index is 0.152. The molecule has 1 aromatic heterocycles. The Balaban J connectivity index is 2.37. The van der Waals surface area contributed by atoms with Crippen molar-refractivity contribution in [2.24, 2.45) is 0 Å². The van der Waals surface area contributed by atoms with E-state index in [-0.39, 0.29) is 18.3 Å². The van der Waals surface area contributed by atoms with Gasteiger partial charge in [-0.2, -0.15) is 5.26 Å². The van der Waals surface area contributed by atoms with Gasteiger partial charge in [0.25, 0.3) is 0 Å². The molecule has 96 valence electrons. The first kappa shape index (κ1) is 13.2. The first-order chi connectivity index (χ1) is 9.26. The lowest BCUT2D eigenvalue weighted by atomic mass is 10.1. The zero-order chi connectivity index (χ0) is 13.7. The van der Waals surface area contributed by atoms with E-state index in [2.05, 4.69) is 6.07 Å². The first-order valence-corrected chi connectivity index (χ1v) is 6.17. The number of furan rings is 1. The van der Waals surface area contributed by atoms with Crippen molar-refractivity contribution in [2.45, 2.75) is 6.54 Å². The summed E-state index contributed by atoms with van der Waals surface area (Å²) >= 11 is 5.63. The average Bonchev–Trinajstić information content (AvgIpc) is 2.97. The number of benzene rings is 1. The fraction of sp³-hybridized carbons (Fsp3) is 0.143. The van der Waals surface area contributed by atoms with Crippen LogP contribution in [0, 0.1) is 11.3 Å². The van der Waals surface area contributed by atoms with E-state index in [9.17, 15) is 4.79 Å². The van der Waals surface area contributed by atoms with E-state index in [0.717, 1.165) is 0 Å². The molecule has 0 unspecified atom stereocenters. The molecule has 0 bridgehead atoms. The van der Waals surface area contributed by atoms with Crippen molar-refractivity contribution in [2.75, 3.05) is 10.8 Å². The summed E-state index contributed by atoms with van der Waals surface area (Å²) in [5.41, 5.74) is 0.958. The van der Waals surface area contributed by atoms with Gasteiger partial charge in [0.15, 0.2) is 0 Å². The van der Waals surface area contributed by atoms with Crippen LogP contribution in [-0.2, 0) is 11.3 Å². The van der Waals surface area contributed by atoms with E-state index in [1.165, 1.54) is 11.2 Å². The number of alkyl halides is 1. The quantitative estimate of drug-likeness (QED) is 0.806. The zero-order valence-corrected chi connectivity index (χ0v) is 10.8. The number of para-hydroxylation sites is 1. The molecule has 0 N–H and O–H groups in total. The van der Waals surface area contributed by atoms with Gasteiger partial charge in [-0.25, -0.2) is 0 Å². The molecule has 1 amide bonds. The fourth-order valence-electron chi connectivity index (χ4n) is 1.74. The number of carbonyl (C=O) groups is 1. The summed E-state index contributed by atoms with van der Waals surface area (Å²) in [6.45, 7) is 0.247. The second-order valence-electron chi connectivity index (χ2n) is 3.82. The van der Waals surface area contributed by atoms with E-state index in [1.54, 1.807) is 36.4 Å². The Bertz CT molecular complexity index is 602. The molecule has 1 aromatic carbocycles. The molecule has 2 aromatic rings. The monoisotopic (exact) mass is 274 g/mol. The number of nitriles is 1. The van der Waals surface area contributed by atoms with Gasteiger partial charge in [-0.1, -0.05) is 12.1 Å². The van der Waals surface area contributed by atoms with Crippen molar-refractivity contribution < 1.29 is 9.21 Å². The Morgan fingerprint density at radius 1 is 1.32 bits per heavy atom. The van der Waals surface area contributed by atoms with Crippen molar-refractivity contribution in [3.8, 4) is 6.07 Å². The molecule has 1 heterocycles. The third-order valence-electron chi connectivity index (χ3n) is 2.62. The Kier molecular flexibility index (Phi) is 4.22. The predicted molar refractivity (Wildman–Crippen MR) is 71.8 cm³/mol. The highest BCUT2D eigenvalue weighted by atomic mass is 35.5. The van der Waals surface area contributed by atoms with Crippen LogP contribution in [0.3, 0.4) is 0 Å². The van der Waals surface area contributed by atoms with Crippen LogP contribution in [0.15, 0.2) is 47.1 Å². The molecular formula is C14H11ClN2O2. The minimum atomic E-state index is -0.277. The zero-order valence-electron chi connectivity index (χ0n) is 10.0. The normalized spacial score (nSPS) is 9.89. The average molecular weight is 275 g/mol. The molecule has 0 saturated heterocycles. The lowest BCUT2D eigenvalue weighted by molar-refractivity contribution is -0.116. The van der Waals surface area contributed by atoms with Crippen LogP contribution in [0.2, 0.25) is 0 Å². The smallest absolute Gasteiger partial charge is 0.242 e. The number of carbonyl (C=O) groups excluding carboxylic acids is 1. The summed E-state index contributed by atoms with van der Waals surface area (Å²) in [6, 6.07) is 12.5. The molecule has 2 rings (SSSR count). The summed E-state index contributed by atoms with van der Waals surface area (Å²) in [5.74, 6) is 0.201. The Hall–Kier alpha value is -2.25. The van der Waals surface area contributed by atoms with E-state index in [0.29, 0.717) is 17.0 Å². The fourth-order valence-corrected chi connectivity index (χ4v) is 1.89. The Labute approximate surface area is 115 Å². The Morgan fingerprint density at radius 3 is 2.74 bits per heavy atom. The molecule has 0 aliphatic heterocycles. The lowest BCUT2D eigenvalue weighted by Gasteiger charge is -2.21. The van der Waals surface area contributed by atoms with Crippen LogP contribution >= 0.6 is 11.6 Å². The van der Waals surface area contributed by atoms with Gasteiger partial charge >= 0.3 is 0 Å². The molecule has 19 heavy (non-hydrogen) atoms. The van der Waals surface area contributed by atoms with E-state index in [1.807, 2.05) is 0 Å². The standard InChI is InChI=1S/C14H11ClN2O2/c15-8-14(18)17(10-12-5-3-7-19-12)13-6-2-1-4-11(13)9-16/h1-7H,8,10H2. The van der Waals surface area contributed by atoms with Crippen LogP contribution in [0.4, 0.5) is 5.69 Å². The van der Waals surface area contributed by atoms with Crippen LogP contribution in [0.1, 0.15) is 11.3 Å². The van der Waals surface area contributed by atoms with E-state index < -0.39 is 0 Å². The number of hydrogen-bond acceptors (Lipinski definition) is 3. The maximum Gasteiger partial charge on any atom is 0.242 e. The number of nitrogens with zero attached hydrogens (tertiary/aromatic N) is 2. The van der Waals surface area contributed by atoms with Crippen LogP contribution in [-0.4, -0.2) is 11.8 Å². The van der Waals surface area contributed by atoms with Crippen molar-refractivity contribution in [1.29, 1.82) is 5.26 Å². The maximum absolute atomic E-state index is 11.9. The van der Waals surface area contributed by atoms with Gasteiger partial charge in [-0.3, -0.25) is 4.79 Å². The number of hydrogen-bond donors (Lipinski definition) is 0. The molecule has 0 saturated carbocycles. The molecule has 4 nitrogen and oxygen atoms in total. The molecule has 0 atom stereocenters. The number of anilines is 1. The lowest BCUT2D eigenvalue weighted by Crippen LogP contribution is -2.31. The predicted octanol–water partition coefficient (Wildman–Crippen LogP) is 2.92. The summed E-state index contributed by atoms with van der Waals surface area (Å²) < 4.78 is 5.23. The Morgan fingerprint density at radius 2 is 2.11 bits per heavy atom. The number of halogens is 1. The van der Waals surface area contributed by atoms with Gasteiger partial charge < -0.3 is 9.32 Å². The highest BCUT2D eigenvalue weighted by Gasteiger charge is 2.19. The SMILES string of the molecule is N#Cc1ccccc1N(Cc1ccco1)C(=O)CCl. The molecule has 0 radical (unpaired) electrons. The third-order valence-corrected chi connectivity index (χ3v) is 2.85. The number of amides is 1. The van der Waals surface area contributed by atoms with Gasteiger partial charge in [0.05, 0.1) is 24.1 Å². The highest BCUT2D eigenvalue weighted by Crippen LogP contribution is 2.22. The summed E-state index contributed by atoms with van der Waals surface area (Å²) in [5, 5.41) is 9.10. The van der Waals surface area contributed by atoms with Crippen molar-refractivity contribution in [1.82, 2.24) is 0 Å². The van der Waals surface area contributed by atoms with Crippen molar-refractivity contribution in [3.63, 3.8) is 0 Å². The molecule has 0 aliphatic carbocycles. The molecule has 0 fully saturated rings. The molecule has 0 aliphatic rings. The van der Waals surface area contributed by atoms with Gasteiger partial charge in [0.2, 0.25) is 5.91 Å². The van der Waals surface area contributed by atoms with Gasteiger partial charge in [-0.15, -0.1) is 11.6 Å².